The summed E-state index contributed by atoms with van der Waals surface area (Å²) in [6.45, 7) is -1.70. The van der Waals surface area contributed by atoms with E-state index < -0.39 is 47.8 Å². The Morgan fingerprint density at radius 3 is 1.15 bits per heavy atom. The van der Waals surface area contributed by atoms with E-state index in [2.05, 4.69) is 17.5 Å². The second kappa shape index (κ2) is 45.0. The molecule has 4 unspecified atom stereocenters. The number of oxime groups is 1. The summed E-state index contributed by atoms with van der Waals surface area (Å²) in [5.41, 5.74) is 13.8. The van der Waals surface area contributed by atoms with Gasteiger partial charge in [0.15, 0.2) is 0 Å². The summed E-state index contributed by atoms with van der Waals surface area (Å²) in [7, 11) is 3.36. The van der Waals surface area contributed by atoms with E-state index in [4.69, 9.17) is 60.2 Å². The average Bonchev–Trinajstić information content (AvgIpc) is 3.10. The summed E-state index contributed by atoms with van der Waals surface area (Å²) < 4.78 is 35.4. The predicted octanol–water partition coefficient (Wildman–Crippen LogP) is -0.138. The van der Waals surface area contributed by atoms with Crippen LogP contribution in [0.3, 0.4) is 0 Å². The molecule has 0 aromatic carbocycles. The maximum Gasteiger partial charge on any atom is 2.00 e. The standard InChI is InChI=1S/C25H45N12O11.6Cu/c1-32-18(26)4-10-45-16(14-43-8-2-19(27)33-38)24(47-12-6-22(30)36-41)25(48-13-7-23(31)37-42)17(46-11-5-21(29)35-40)15-44-9-3-20(28)34-39;;;;;;/h16-17,24-25H,1-15H2,(H11-6,26,27,28,29,30,31,32,33,34,35,36,37,38,39,40,41,42);;;;;;/q-7;5*+1;+2. The number of nitrogens with zero attached hydrogens (tertiary/aromatic N) is 6. The first-order valence-corrected chi connectivity index (χ1v) is 14.5. The number of amidine groups is 6. The molecule has 0 fully saturated rings. The first-order chi connectivity index (χ1) is 23.1. The maximum atomic E-state index is 9.85. The van der Waals surface area contributed by atoms with Gasteiger partial charge in [-0.25, -0.2) is 0 Å². The molecule has 0 spiro atoms. The largest absolute Gasteiger partial charge is 2.00 e. The van der Waals surface area contributed by atoms with Gasteiger partial charge < -0.3 is 127 Å². The van der Waals surface area contributed by atoms with Gasteiger partial charge in [0.05, 0.1) is 52.9 Å². The fourth-order valence-electron chi connectivity index (χ4n) is 3.60. The van der Waals surface area contributed by atoms with Crippen LogP contribution in [0.5, 0.6) is 0 Å². The Kier molecular flexibility index (Phi) is 56.8. The van der Waals surface area contributed by atoms with Crippen LogP contribution in [-0.4, -0.2) is 138 Å². The van der Waals surface area contributed by atoms with Crippen molar-refractivity contribution < 1.29 is 157 Å². The van der Waals surface area contributed by atoms with E-state index >= 15 is 0 Å². The Morgan fingerprint density at radius 2 is 0.833 bits per heavy atom. The molecule has 54 heavy (non-hydrogen) atoms. The normalized spacial score (nSPS) is 12.4. The van der Waals surface area contributed by atoms with Crippen LogP contribution < -0.4 is 27.2 Å². The summed E-state index contributed by atoms with van der Waals surface area (Å²) in [6.07, 6.45) is -5.61. The van der Waals surface area contributed by atoms with E-state index in [-0.39, 0.29) is 205 Å². The van der Waals surface area contributed by atoms with Crippen LogP contribution in [0.1, 0.15) is 38.5 Å². The smallest absolute Gasteiger partial charge is 0.638 e. The van der Waals surface area contributed by atoms with E-state index in [0.717, 1.165) is 0 Å². The first kappa shape index (κ1) is 68.0. The van der Waals surface area contributed by atoms with Crippen LogP contribution in [0.2, 0.25) is 0 Å². The number of rotatable bonds is 29. The second-order valence-electron chi connectivity index (χ2n) is 9.54. The Balaban J connectivity index is -0.000000736. The van der Waals surface area contributed by atoms with Crippen molar-refractivity contribution in [3.63, 3.8) is 0 Å². The number of ether oxygens (including phenoxy) is 6. The fraction of sp³-hybridized carbons (Fsp3) is 0.720. The molecular formula is C25H45Cu6N12O11. The van der Waals surface area contributed by atoms with Crippen molar-refractivity contribution in [3.05, 3.63) is 39.8 Å². The average molecular weight is 1070 g/mol. The molecule has 0 aliphatic rings. The van der Waals surface area contributed by atoms with Crippen LogP contribution in [0.4, 0.5) is 0 Å². The van der Waals surface area contributed by atoms with Gasteiger partial charge in [-0.3, -0.25) is 0 Å². The van der Waals surface area contributed by atoms with Crippen LogP contribution in [-0.2, 0) is 131 Å². The summed E-state index contributed by atoms with van der Waals surface area (Å²) in [4.78, 5) is 0. The molecule has 337 valence electrons. The summed E-state index contributed by atoms with van der Waals surface area (Å²) in [6, 6.07) is 0. The zero-order valence-electron chi connectivity index (χ0n) is 28.1. The monoisotopic (exact) mass is 1070 g/mol. The van der Waals surface area contributed by atoms with Gasteiger partial charge in [-0.2, -0.15) is 0 Å². The van der Waals surface area contributed by atoms with Crippen LogP contribution in [0.15, 0.2) is 5.16 Å². The first-order valence-electron chi connectivity index (χ1n) is 14.5. The molecule has 0 saturated heterocycles. The van der Waals surface area contributed by atoms with Crippen LogP contribution in [0.25, 0.3) is 32.8 Å². The Hall–Kier alpha value is -0.663. The summed E-state index contributed by atoms with van der Waals surface area (Å²) >= 11 is 0. The van der Waals surface area contributed by atoms with E-state index in [1.165, 1.54) is 0 Å². The van der Waals surface area contributed by atoms with Gasteiger partial charge in [0.1, 0.15) is 24.4 Å². The zero-order valence-corrected chi connectivity index (χ0v) is 33.7. The van der Waals surface area contributed by atoms with Crippen molar-refractivity contribution in [2.45, 2.75) is 62.9 Å². The van der Waals surface area contributed by atoms with Gasteiger partial charge in [-0.1, -0.05) is 29.2 Å². The Labute approximate surface area is 377 Å². The number of hydrogen-bond acceptors (Lipinski definition) is 12. The van der Waals surface area contributed by atoms with Gasteiger partial charge in [-0.15, -0.1) is 5.84 Å². The molecule has 29 heteroatoms. The molecule has 4 atom stereocenters. The van der Waals surface area contributed by atoms with Crippen molar-refractivity contribution in [1.82, 2.24) is 27.2 Å². The predicted molar refractivity (Wildman–Crippen MR) is 172 cm³/mol. The van der Waals surface area contributed by atoms with Crippen molar-refractivity contribution in [3.8, 4) is 0 Å². The minimum Gasteiger partial charge on any atom is -0.638 e. The molecule has 0 aromatic rings. The Bertz CT molecular complexity index is 1010. The van der Waals surface area contributed by atoms with Crippen molar-refractivity contribution in [2.75, 3.05) is 52.9 Å². The molecule has 1 radical (unpaired) electrons. The molecule has 0 rings (SSSR count). The second-order valence-corrected chi connectivity index (χ2v) is 9.54. The molecule has 0 amide bonds. The van der Waals surface area contributed by atoms with Crippen molar-refractivity contribution >= 4 is 35.0 Å². The van der Waals surface area contributed by atoms with Gasteiger partial charge in [0, 0.05) is 0 Å². The van der Waals surface area contributed by atoms with E-state index in [0.29, 0.717) is 0 Å². The Morgan fingerprint density at radius 1 is 0.537 bits per heavy atom. The third kappa shape index (κ3) is 34.6. The number of hydrogen-bond donors (Lipinski definition) is 10. The molecule has 11 N–H and O–H groups in total. The van der Waals surface area contributed by atoms with Crippen molar-refractivity contribution in [2.24, 2.45) is 5.16 Å². The molecule has 23 nitrogen and oxygen atoms in total. The third-order valence-corrected chi connectivity index (χ3v) is 6.07. The van der Waals surface area contributed by atoms with E-state index in [1.54, 1.807) is 21.9 Å². The SMILES string of the molecule is [CH2-]NC(=[N-])CCOC(COCCC(=[N-])NO)C(OCCC(=[N-])NO)C(OCCC(=[N-])NO)C(COCC/C([NH-])=N/O)OCCC(=[N-])NO.[Cu+2].[Cu+].[Cu+].[Cu+].[Cu+].[Cu+]. The van der Waals surface area contributed by atoms with Crippen molar-refractivity contribution in [1.29, 1.82) is 0 Å². The minimum absolute atomic E-state index is 0. The summed E-state index contributed by atoms with van der Waals surface area (Å²) in [5.74, 6) is -2.70. The van der Waals surface area contributed by atoms with Gasteiger partial charge in [-0.05, 0) is 38.5 Å². The topological polar surface area (TPSA) is 364 Å². The molecular weight excluding hydrogens is 1030 g/mol. The molecule has 0 aromatic heterocycles. The molecule has 0 aliphatic heterocycles. The molecule has 0 heterocycles. The van der Waals surface area contributed by atoms with Crippen LogP contribution in [0, 0.1) is 7.05 Å². The molecule has 0 bridgehead atoms. The van der Waals surface area contributed by atoms with Gasteiger partial charge >= 0.3 is 102 Å². The quantitative estimate of drug-likeness (QED) is 0.00887. The van der Waals surface area contributed by atoms with E-state index in [1.807, 2.05) is 0 Å². The fourth-order valence-corrected chi connectivity index (χ4v) is 3.60. The van der Waals surface area contributed by atoms with Crippen LogP contribution >= 0.6 is 0 Å². The summed E-state index contributed by atoms with van der Waals surface area (Å²) in [5, 5.41) is 98.3. The van der Waals surface area contributed by atoms with E-state index in [9.17, 15) is 27.0 Å². The number of hydroxylamine groups is 4. The maximum absolute atomic E-state index is 9.85. The molecule has 0 saturated carbocycles. The van der Waals surface area contributed by atoms with Gasteiger partial charge in [0.2, 0.25) is 0 Å². The molecule has 0 aliphatic carbocycles. The number of nitrogens with one attached hydrogen (secondary N) is 6. The van der Waals surface area contributed by atoms with Gasteiger partial charge in [0.25, 0.3) is 0 Å². The third-order valence-electron chi connectivity index (χ3n) is 6.07. The zero-order chi connectivity index (χ0) is 36.2. The minimum atomic E-state index is -1.23.